The molecule has 1 atom stereocenters. The van der Waals surface area contributed by atoms with Gasteiger partial charge < -0.3 is 16.2 Å². The van der Waals surface area contributed by atoms with Gasteiger partial charge in [0.2, 0.25) is 5.91 Å². The molecule has 1 saturated heterocycles. The van der Waals surface area contributed by atoms with Gasteiger partial charge in [0.05, 0.1) is 17.3 Å². The van der Waals surface area contributed by atoms with Gasteiger partial charge in [-0.3, -0.25) is 9.63 Å². The third-order valence-electron chi connectivity index (χ3n) is 3.87. The van der Waals surface area contributed by atoms with Crippen LogP contribution in [0.3, 0.4) is 0 Å². The van der Waals surface area contributed by atoms with E-state index in [-0.39, 0.29) is 23.2 Å². The van der Waals surface area contributed by atoms with Gasteiger partial charge in [0, 0.05) is 13.1 Å². The zero-order chi connectivity index (χ0) is 17.0. The first-order chi connectivity index (χ1) is 10.8. The van der Waals surface area contributed by atoms with Crippen LogP contribution < -0.4 is 11.1 Å². The van der Waals surface area contributed by atoms with Crippen molar-refractivity contribution in [2.24, 2.45) is 11.7 Å². The molecule has 0 bridgehead atoms. The number of para-hydroxylation sites is 2. The molecule has 6 heteroatoms. The number of aromatic hydroxyl groups is 1. The number of nitrogens with two attached hydrogens (primary N) is 1. The minimum absolute atomic E-state index is 0.0430. The molecule has 0 aliphatic carbocycles. The second-order valence-electron chi connectivity index (χ2n) is 7.00. The van der Waals surface area contributed by atoms with Crippen LogP contribution in [0.1, 0.15) is 33.6 Å². The average Bonchev–Trinajstić information content (AvgIpc) is 2.48. The van der Waals surface area contributed by atoms with E-state index in [1.165, 1.54) is 6.07 Å². The molecule has 6 nitrogen and oxygen atoms in total. The SMILES string of the molecule is CC(C)(C)ON1CCC(C(N)C(=O)Nc2ccccc2O)CC1. The molecule has 1 aromatic rings. The van der Waals surface area contributed by atoms with Crippen LogP contribution in [0.4, 0.5) is 5.69 Å². The number of carbonyl (C=O) groups excluding carboxylic acids is 1. The van der Waals surface area contributed by atoms with E-state index in [2.05, 4.69) is 5.32 Å². The van der Waals surface area contributed by atoms with Gasteiger partial charge in [0.25, 0.3) is 0 Å². The van der Waals surface area contributed by atoms with Crippen molar-refractivity contribution in [3.8, 4) is 5.75 Å². The fourth-order valence-electron chi connectivity index (χ4n) is 2.72. The van der Waals surface area contributed by atoms with Crippen LogP contribution in [-0.2, 0) is 9.63 Å². The number of carbonyl (C=O) groups is 1. The molecular weight excluding hydrogens is 294 g/mol. The summed E-state index contributed by atoms with van der Waals surface area (Å²) in [6.07, 6.45) is 1.62. The van der Waals surface area contributed by atoms with Gasteiger partial charge in [0.1, 0.15) is 5.75 Å². The Labute approximate surface area is 137 Å². The summed E-state index contributed by atoms with van der Waals surface area (Å²) in [5, 5.41) is 14.4. The summed E-state index contributed by atoms with van der Waals surface area (Å²) < 4.78 is 0. The van der Waals surface area contributed by atoms with Crippen LogP contribution in [0.15, 0.2) is 24.3 Å². The zero-order valence-corrected chi connectivity index (χ0v) is 14.1. The maximum absolute atomic E-state index is 12.3. The molecule has 1 fully saturated rings. The number of rotatable bonds is 4. The van der Waals surface area contributed by atoms with Crippen molar-refractivity contribution >= 4 is 11.6 Å². The Bertz CT molecular complexity index is 534. The highest BCUT2D eigenvalue weighted by Gasteiger charge is 2.30. The van der Waals surface area contributed by atoms with E-state index in [0.29, 0.717) is 5.69 Å². The summed E-state index contributed by atoms with van der Waals surface area (Å²) in [5.41, 5.74) is 6.29. The van der Waals surface area contributed by atoms with Gasteiger partial charge in [0.15, 0.2) is 0 Å². The van der Waals surface area contributed by atoms with Gasteiger partial charge in [-0.05, 0) is 51.7 Å². The number of benzene rings is 1. The number of amides is 1. The molecule has 1 aliphatic heterocycles. The maximum Gasteiger partial charge on any atom is 0.241 e. The Balaban J connectivity index is 1.86. The molecule has 0 aromatic heterocycles. The average molecular weight is 321 g/mol. The Morgan fingerprint density at radius 2 is 1.96 bits per heavy atom. The lowest BCUT2D eigenvalue weighted by Gasteiger charge is -2.36. The summed E-state index contributed by atoms with van der Waals surface area (Å²) in [6, 6.07) is 6.05. The standard InChI is InChI=1S/C17H27N3O3/c1-17(2,3)23-20-10-8-12(9-11-20)15(18)16(22)19-13-6-4-5-7-14(13)21/h4-7,12,15,21H,8-11,18H2,1-3H3,(H,19,22). The van der Waals surface area contributed by atoms with Crippen molar-refractivity contribution in [3.05, 3.63) is 24.3 Å². The van der Waals surface area contributed by atoms with Crippen LogP contribution in [0.2, 0.25) is 0 Å². The van der Waals surface area contributed by atoms with Gasteiger partial charge in [-0.2, -0.15) is 5.06 Å². The van der Waals surface area contributed by atoms with Crippen molar-refractivity contribution in [2.75, 3.05) is 18.4 Å². The smallest absolute Gasteiger partial charge is 0.241 e. The van der Waals surface area contributed by atoms with Gasteiger partial charge >= 0.3 is 0 Å². The number of phenols is 1. The van der Waals surface area contributed by atoms with Crippen LogP contribution >= 0.6 is 0 Å². The van der Waals surface area contributed by atoms with Crippen LogP contribution in [0, 0.1) is 5.92 Å². The molecule has 1 aromatic carbocycles. The lowest BCUT2D eigenvalue weighted by Crippen LogP contribution is -2.48. The fourth-order valence-corrected chi connectivity index (χ4v) is 2.72. The number of anilines is 1. The van der Waals surface area contributed by atoms with Crippen molar-refractivity contribution < 1.29 is 14.7 Å². The van der Waals surface area contributed by atoms with Crippen molar-refractivity contribution in [1.29, 1.82) is 0 Å². The zero-order valence-electron chi connectivity index (χ0n) is 14.1. The molecule has 0 saturated carbocycles. The van der Waals surface area contributed by atoms with E-state index in [0.717, 1.165) is 25.9 Å². The molecular formula is C17H27N3O3. The molecule has 128 valence electrons. The summed E-state index contributed by atoms with van der Waals surface area (Å²) in [4.78, 5) is 18.1. The summed E-state index contributed by atoms with van der Waals surface area (Å²) in [7, 11) is 0. The minimum Gasteiger partial charge on any atom is -0.506 e. The quantitative estimate of drug-likeness (QED) is 0.739. The minimum atomic E-state index is -0.591. The molecule has 1 unspecified atom stereocenters. The van der Waals surface area contributed by atoms with E-state index in [9.17, 15) is 9.90 Å². The summed E-state index contributed by atoms with van der Waals surface area (Å²) in [5.74, 6) is -0.108. The Morgan fingerprint density at radius 1 is 1.35 bits per heavy atom. The van der Waals surface area contributed by atoms with Gasteiger partial charge in [-0.15, -0.1) is 0 Å². The topological polar surface area (TPSA) is 87.8 Å². The van der Waals surface area contributed by atoms with Crippen molar-refractivity contribution in [2.45, 2.75) is 45.3 Å². The molecule has 1 aliphatic rings. The number of hydrogen-bond donors (Lipinski definition) is 3. The molecule has 23 heavy (non-hydrogen) atoms. The summed E-state index contributed by atoms with van der Waals surface area (Å²) >= 11 is 0. The number of phenolic OH excluding ortho intramolecular Hbond substituents is 1. The van der Waals surface area contributed by atoms with Crippen molar-refractivity contribution in [1.82, 2.24) is 5.06 Å². The van der Waals surface area contributed by atoms with E-state index in [1.54, 1.807) is 18.2 Å². The number of hydroxylamine groups is 2. The van der Waals surface area contributed by atoms with Gasteiger partial charge in [-0.1, -0.05) is 12.1 Å². The molecule has 1 heterocycles. The highest BCUT2D eigenvalue weighted by atomic mass is 16.7. The van der Waals surface area contributed by atoms with E-state index >= 15 is 0 Å². The predicted octanol–water partition coefficient (Wildman–Crippen LogP) is 2.10. The van der Waals surface area contributed by atoms with E-state index < -0.39 is 6.04 Å². The third-order valence-corrected chi connectivity index (χ3v) is 3.87. The lowest BCUT2D eigenvalue weighted by molar-refractivity contribution is -0.239. The normalized spacial score (nSPS) is 18.6. The molecule has 1 amide bonds. The lowest BCUT2D eigenvalue weighted by atomic mass is 9.90. The predicted molar refractivity (Wildman–Crippen MR) is 89.8 cm³/mol. The number of nitrogens with one attached hydrogen (secondary N) is 1. The molecule has 0 spiro atoms. The maximum atomic E-state index is 12.3. The first-order valence-electron chi connectivity index (χ1n) is 8.05. The first kappa shape index (κ1) is 17.7. The monoisotopic (exact) mass is 321 g/mol. The second kappa shape index (κ2) is 7.29. The number of piperidine rings is 1. The molecule has 4 N–H and O–H groups in total. The highest BCUT2D eigenvalue weighted by molar-refractivity contribution is 5.96. The Morgan fingerprint density at radius 3 is 2.52 bits per heavy atom. The van der Waals surface area contributed by atoms with E-state index in [1.807, 2.05) is 25.8 Å². The van der Waals surface area contributed by atoms with Crippen LogP contribution in [-0.4, -0.2) is 40.8 Å². The first-order valence-corrected chi connectivity index (χ1v) is 8.05. The number of nitrogens with zero attached hydrogens (tertiary/aromatic N) is 1. The molecule has 2 rings (SSSR count). The van der Waals surface area contributed by atoms with Crippen LogP contribution in [0.25, 0.3) is 0 Å². The fraction of sp³-hybridized carbons (Fsp3) is 0.588. The largest absolute Gasteiger partial charge is 0.506 e. The van der Waals surface area contributed by atoms with E-state index in [4.69, 9.17) is 10.6 Å². The van der Waals surface area contributed by atoms with Crippen molar-refractivity contribution in [3.63, 3.8) is 0 Å². The Hall–Kier alpha value is -1.63. The van der Waals surface area contributed by atoms with Gasteiger partial charge in [-0.25, -0.2) is 0 Å². The van der Waals surface area contributed by atoms with Crippen LogP contribution in [0.5, 0.6) is 5.75 Å². The highest BCUT2D eigenvalue weighted by Crippen LogP contribution is 2.25. The molecule has 0 radical (unpaired) electrons. The summed E-state index contributed by atoms with van der Waals surface area (Å²) in [6.45, 7) is 7.58. The Kier molecular flexibility index (Phi) is 5.62. The number of hydrogen-bond acceptors (Lipinski definition) is 5. The third kappa shape index (κ3) is 5.20. The second-order valence-corrected chi connectivity index (χ2v) is 7.00.